The molecule has 0 saturated heterocycles. The van der Waals surface area contributed by atoms with E-state index >= 15 is 0 Å². The van der Waals surface area contributed by atoms with Crippen molar-refractivity contribution in [3.05, 3.63) is 60.5 Å². The smallest absolute Gasteiger partial charge is 0.122 e. The number of nitrogens with one attached hydrogen (secondary N) is 2. The Hall–Kier alpha value is -3.08. The van der Waals surface area contributed by atoms with Gasteiger partial charge in [-0.3, -0.25) is 15.3 Å². The zero-order chi connectivity index (χ0) is 23.9. The average molecular weight is 439 g/mol. The first-order chi connectivity index (χ1) is 15.4. The summed E-state index contributed by atoms with van der Waals surface area (Å²) in [6, 6.07) is 0. The van der Waals surface area contributed by atoms with Gasteiger partial charge in [-0.15, -0.1) is 5.92 Å². The topological polar surface area (TPSA) is 64.5 Å². The monoisotopic (exact) mass is 438 g/mol. The van der Waals surface area contributed by atoms with E-state index in [-0.39, 0.29) is 0 Å². The summed E-state index contributed by atoms with van der Waals surface area (Å²) in [6.07, 6.45) is 3.47. The molecule has 1 aliphatic rings. The summed E-state index contributed by atoms with van der Waals surface area (Å²) in [5.41, 5.74) is 2.99. The quantitative estimate of drug-likeness (QED) is 0.0963. The minimum Gasteiger partial charge on any atom is -0.461 e. The normalized spacial score (nSPS) is 12.8. The molecule has 174 valence electrons. The zero-order valence-corrected chi connectivity index (χ0v) is 20.0. The van der Waals surface area contributed by atoms with Crippen molar-refractivity contribution >= 4 is 12.9 Å². The van der Waals surface area contributed by atoms with Gasteiger partial charge in [0.1, 0.15) is 17.2 Å². The lowest BCUT2D eigenvalue weighted by Crippen LogP contribution is -2.40. The van der Waals surface area contributed by atoms with Crippen molar-refractivity contribution < 1.29 is 4.74 Å². The van der Waals surface area contributed by atoms with E-state index in [9.17, 15) is 0 Å². The molecule has 32 heavy (non-hydrogen) atoms. The van der Waals surface area contributed by atoms with Crippen molar-refractivity contribution in [1.29, 1.82) is 0 Å². The van der Waals surface area contributed by atoms with Crippen molar-refractivity contribution in [3.8, 4) is 11.8 Å². The van der Waals surface area contributed by atoms with Crippen molar-refractivity contribution in [3.63, 3.8) is 0 Å². The van der Waals surface area contributed by atoms with Crippen LogP contribution in [0.2, 0.25) is 0 Å². The molecule has 0 aromatic carbocycles. The molecule has 0 unspecified atom stereocenters. The van der Waals surface area contributed by atoms with Crippen LogP contribution in [0, 0.1) is 11.8 Å². The van der Waals surface area contributed by atoms with Crippen LogP contribution in [0.3, 0.4) is 0 Å². The number of hydrogen-bond acceptors (Lipinski definition) is 7. The highest BCUT2D eigenvalue weighted by atomic mass is 16.5. The third-order valence-electron chi connectivity index (χ3n) is 4.65. The number of aliphatic imine (C=N–C) groups is 1. The maximum atomic E-state index is 5.78. The van der Waals surface area contributed by atoms with E-state index in [0.29, 0.717) is 42.7 Å². The molecular weight excluding hydrogens is 400 g/mol. The van der Waals surface area contributed by atoms with Gasteiger partial charge in [-0.05, 0) is 32.2 Å². The number of hydrazone groups is 1. The second kappa shape index (κ2) is 14.8. The largest absolute Gasteiger partial charge is 0.461 e. The van der Waals surface area contributed by atoms with E-state index in [1.165, 1.54) is 0 Å². The Morgan fingerprint density at radius 1 is 1.25 bits per heavy atom. The van der Waals surface area contributed by atoms with Crippen LogP contribution in [0.25, 0.3) is 0 Å². The summed E-state index contributed by atoms with van der Waals surface area (Å²) in [5.74, 6) is 7.11. The van der Waals surface area contributed by atoms with Crippen molar-refractivity contribution in [2.45, 2.75) is 33.6 Å². The van der Waals surface area contributed by atoms with Crippen LogP contribution >= 0.6 is 0 Å². The average Bonchev–Trinajstić information content (AvgIpc) is 2.77. The summed E-state index contributed by atoms with van der Waals surface area (Å²) in [7, 11) is 0. The van der Waals surface area contributed by atoms with Gasteiger partial charge in [0, 0.05) is 13.1 Å². The fourth-order valence-corrected chi connectivity index (χ4v) is 2.96. The Kier molecular flexibility index (Phi) is 12.5. The Balaban J connectivity index is 2.93. The molecule has 1 aliphatic heterocycles. The summed E-state index contributed by atoms with van der Waals surface area (Å²) in [5, 5.41) is 12.9. The van der Waals surface area contributed by atoms with Crippen molar-refractivity contribution in [2.75, 3.05) is 39.4 Å². The number of nitrogens with zero attached hydrogens (tertiary/aromatic N) is 4. The number of ether oxygens (including phenoxy) is 1. The zero-order valence-electron chi connectivity index (χ0n) is 20.0. The highest BCUT2D eigenvalue weighted by Crippen LogP contribution is 2.27. The number of hydrogen-bond donors (Lipinski definition) is 2. The summed E-state index contributed by atoms with van der Waals surface area (Å²) < 4.78 is 5.78. The molecule has 0 saturated carbocycles. The first-order valence-electron chi connectivity index (χ1n) is 10.9. The Morgan fingerprint density at radius 2 is 1.97 bits per heavy atom. The minimum absolute atomic E-state index is 0.322. The van der Waals surface area contributed by atoms with Gasteiger partial charge < -0.3 is 15.0 Å². The highest BCUT2D eigenvalue weighted by molar-refractivity contribution is 5.82. The van der Waals surface area contributed by atoms with Crippen LogP contribution in [0.1, 0.15) is 33.6 Å². The molecule has 0 radical (unpaired) electrons. The van der Waals surface area contributed by atoms with E-state index < -0.39 is 0 Å². The van der Waals surface area contributed by atoms with Gasteiger partial charge in [-0.25, -0.2) is 0 Å². The second-order valence-electron chi connectivity index (χ2n) is 7.19. The number of rotatable bonds is 16. The molecule has 7 nitrogen and oxygen atoms in total. The van der Waals surface area contributed by atoms with E-state index in [0.717, 1.165) is 43.7 Å². The molecule has 0 fully saturated rings. The third kappa shape index (κ3) is 8.58. The summed E-state index contributed by atoms with van der Waals surface area (Å²) >= 11 is 0. The molecule has 0 bridgehead atoms. The summed E-state index contributed by atoms with van der Waals surface area (Å²) in [6.45, 7) is 30.0. The molecule has 0 aromatic heterocycles. The van der Waals surface area contributed by atoms with Gasteiger partial charge in [0.25, 0.3) is 0 Å². The third-order valence-corrected chi connectivity index (χ3v) is 4.65. The SMILES string of the molecule is C=NC1=C(N(CC#CC)CNCCNCC)C(=C)N(CC(=C)OC(=C)C(=C)CCC)N=C1. The number of allylic oxidation sites excluding steroid dienone is 2. The molecule has 7 heteroatoms. The lowest BCUT2D eigenvalue weighted by molar-refractivity contribution is 0.249. The first-order valence-corrected chi connectivity index (χ1v) is 10.9. The molecule has 0 aliphatic carbocycles. The van der Waals surface area contributed by atoms with E-state index in [4.69, 9.17) is 4.74 Å². The fourth-order valence-electron chi connectivity index (χ4n) is 2.96. The Labute approximate surface area is 194 Å². The predicted molar refractivity (Wildman–Crippen MR) is 136 cm³/mol. The molecule has 2 N–H and O–H groups in total. The van der Waals surface area contributed by atoms with Gasteiger partial charge in [0.15, 0.2) is 0 Å². The molecule has 0 atom stereocenters. The summed E-state index contributed by atoms with van der Waals surface area (Å²) in [4.78, 5) is 6.24. The van der Waals surface area contributed by atoms with Crippen LogP contribution in [0.5, 0.6) is 0 Å². The lowest BCUT2D eigenvalue weighted by atomic mass is 10.1. The highest BCUT2D eigenvalue weighted by Gasteiger charge is 2.25. The van der Waals surface area contributed by atoms with Gasteiger partial charge in [-0.1, -0.05) is 52.5 Å². The van der Waals surface area contributed by atoms with Crippen LogP contribution in [0.4, 0.5) is 0 Å². The Bertz CT molecular complexity index is 827. The standard InChI is InChI=1S/C25H38N6O/c1-9-12-16-30(19-28-15-14-27-11-3)25-22(6)31(29-17-24(25)26-8)18-21(5)32-23(7)20(4)13-10-2/h17,27-28H,4-8,10-11,13-16,18-19H2,1-3H3. The van der Waals surface area contributed by atoms with Gasteiger partial charge in [0.05, 0.1) is 37.4 Å². The molecule has 0 spiro atoms. The Morgan fingerprint density at radius 3 is 2.59 bits per heavy atom. The van der Waals surface area contributed by atoms with Crippen LogP contribution in [-0.4, -0.2) is 62.2 Å². The lowest BCUT2D eigenvalue weighted by Gasteiger charge is -2.34. The van der Waals surface area contributed by atoms with Gasteiger partial charge >= 0.3 is 0 Å². The fraction of sp³-hybridized carbons (Fsp3) is 0.440. The van der Waals surface area contributed by atoms with Crippen molar-refractivity contribution in [1.82, 2.24) is 20.5 Å². The second-order valence-corrected chi connectivity index (χ2v) is 7.19. The van der Waals surface area contributed by atoms with Gasteiger partial charge in [-0.2, -0.15) is 5.10 Å². The first kappa shape index (κ1) is 27.0. The molecule has 0 amide bonds. The molecule has 0 aromatic rings. The van der Waals surface area contributed by atoms with E-state index in [1.807, 2.05) is 6.92 Å². The minimum atomic E-state index is 0.322. The van der Waals surface area contributed by atoms with Gasteiger partial charge in [0.2, 0.25) is 0 Å². The van der Waals surface area contributed by atoms with Crippen LogP contribution in [0.15, 0.2) is 70.6 Å². The predicted octanol–water partition coefficient (Wildman–Crippen LogP) is 3.60. The van der Waals surface area contributed by atoms with E-state index in [2.05, 4.69) is 84.3 Å². The molecule has 1 heterocycles. The molecular formula is C25H38N6O. The number of likely N-dealkylation sites (N-methyl/N-ethyl adjacent to an activating group) is 1. The van der Waals surface area contributed by atoms with E-state index in [1.54, 1.807) is 11.2 Å². The van der Waals surface area contributed by atoms with Crippen molar-refractivity contribution in [2.24, 2.45) is 10.1 Å². The van der Waals surface area contributed by atoms with Crippen LogP contribution < -0.4 is 10.6 Å². The molecule has 1 rings (SSSR count). The maximum Gasteiger partial charge on any atom is 0.122 e. The van der Waals surface area contributed by atoms with Crippen LogP contribution in [-0.2, 0) is 4.74 Å². The maximum absolute atomic E-state index is 5.78.